The number of hydrogen-bond donors (Lipinski definition) is 0. The van der Waals surface area contributed by atoms with Gasteiger partial charge in [0.05, 0.1) is 11.3 Å². The van der Waals surface area contributed by atoms with Crippen LogP contribution < -0.4 is 0 Å². The Morgan fingerprint density at radius 2 is 2.06 bits per heavy atom. The molecule has 0 heterocycles. The first-order chi connectivity index (χ1) is 7.57. The molecule has 16 heavy (non-hydrogen) atoms. The fourth-order valence-electron chi connectivity index (χ4n) is 1.29. The smallest absolute Gasteiger partial charge is 0.178 e. The van der Waals surface area contributed by atoms with E-state index in [0.29, 0.717) is 5.56 Å². The second-order valence-electron chi connectivity index (χ2n) is 3.53. The lowest BCUT2D eigenvalue weighted by Gasteiger charge is -2.05. The first kappa shape index (κ1) is 13.2. The molecule has 0 radical (unpaired) electrons. The van der Waals surface area contributed by atoms with Crippen LogP contribution >= 0.6 is 11.8 Å². The topological polar surface area (TPSA) is 17.1 Å². The zero-order valence-electron chi connectivity index (χ0n) is 9.35. The van der Waals surface area contributed by atoms with Gasteiger partial charge >= 0.3 is 0 Å². The predicted octanol–water partition coefficient (Wildman–Crippen LogP) is 3.60. The summed E-state index contributed by atoms with van der Waals surface area (Å²) in [4.78, 5) is 11.6. The van der Waals surface area contributed by atoms with Crippen LogP contribution in [0.2, 0.25) is 0 Å². The highest BCUT2D eigenvalue weighted by Gasteiger charge is 2.18. The van der Waals surface area contributed by atoms with Crippen LogP contribution in [0.5, 0.6) is 0 Å². The van der Waals surface area contributed by atoms with Gasteiger partial charge in [-0.25, -0.2) is 8.78 Å². The van der Waals surface area contributed by atoms with Gasteiger partial charge in [-0.05, 0) is 30.7 Å². The molecule has 0 saturated carbocycles. The third-order valence-electron chi connectivity index (χ3n) is 2.14. The second-order valence-corrected chi connectivity index (χ2v) is 4.63. The van der Waals surface area contributed by atoms with Crippen molar-refractivity contribution in [1.82, 2.24) is 0 Å². The van der Waals surface area contributed by atoms with Gasteiger partial charge in [0.2, 0.25) is 0 Å². The summed E-state index contributed by atoms with van der Waals surface area (Å²) >= 11 is 1.40. The van der Waals surface area contributed by atoms with E-state index in [-0.39, 0.29) is 5.75 Å². The number of ketones is 1. The molecule has 0 aromatic heterocycles. The summed E-state index contributed by atoms with van der Waals surface area (Å²) in [6.07, 6.45) is 0.941. The standard InChI is InChI=1S/C12H14F2OS/c1-3-6-16-7-10(15)11-9(13)5-4-8(2)12(11)14/h4-5H,3,6-7H2,1-2H3. The van der Waals surface area contributed by atoms with E-state index >= 15 is 0 Å². The monoisotopic (exact) mass is 244 g/mol. The maximum Gasteiger partial charge on any atom is 0.178 e. The molecule has 1 rings (SSSR count). The van der Waals surface area contributed by atoms with Crippen LogP contribution in [0.1, 0.15) is 29.3 Å². The summed E-state index contributed by atoms with van der Waals surface area (Å²) in [6, 6.07) is 2.47. The van der Waals surface area contributed by atoms with Gasteiger partial charge in [0.25, 0.3) is 0 Å². The molecule has 0 fully saturated rings. The minimum atomic E-state index is -0.773. The number of halogens is 2. The van der Waals surface area contributed by atoms with E-state index in [1.54, 1.807) is 0 Å². The highest BCUT2D eigenvalue weighted by atomic mass is 32.2. The molecular weight excluding hydrogens is 230 g/mol. The Bertz CT molecular complexity index is 391. The molecule has 0 atom stereocenters. The van der Waals surface area contributed by atoms with Gasteiger partial charge in [0.1, 0.15) is 11.6 Å². The van der Waals surface area contributed by atoms with E-state index in [0.717, 1.165) is 18.2 Å². The highest BCUT2D eigenvalue weighted by molar-refractivity contribution is 7.99. The van der Waals surface area contributed by atoms with Crippen molar-refractivity contribution in [1.29, 1.82) is 0 Å². The predicted molar refractivity (Wildman–Crippen MR) is 63.0 cm³/mol. The molecule has 0 aliphatic rings. The molecule has 0 unspecified atom stereocenters. The van der Waals surface area contributed by atoms with Crippen LogP contribution in [-0.2, 0) is 0 Å². The Labute approximate surface area is 98.2 Å². The fraction of sp³-hybridized carbons (Fsp3) is 0.417. The van der Waals surface area contributed by atoms with Crippen molar-refractivity contribution in [3.05, 3.63) is 34.9 Å². The summed E-state index contributed by atoms with van der Waals surface area (Å²) in [5, 5.41) is 0. The molecule has 0 N–H and O–H groups in total. The lowest BCUT2D eigenvalue weighted by atomic mass is 10.1. The van der Waals surface area contributed by atoms with Gasteiger partial charge in [-0.3, -0.25) is 4.79 Å². The molecule has 0 spiro atoms. The molecule has 0 amide bonds. The van der Waals surface area contributed by atoms with E-state index in [4.69, 9.17) is 0 Å². The first-order valence-corrected chi connectivity index (χ1v) is 6.29. The van der Waals surface area contributed by atoms with Crippen LogP contribution in [-0.4, -0.2) is 17.3 Å². The Morgan fingerprint density at radius 1 is 1.38 bits per heavy atom. The van der Waals surface area contributed by atoms with Crippen molar-refractivity contribution in [2.75, 3.05) is 11.5 Å². The van der Waals surface area contributed by atoms with Gasteiger partial charge in [0, 0.05) is 0 Å². The number of aryl methyl sites for hydroxylation is 1. The Kier molecular flexibility index (Phi) is 4.93. The first-order valence-electron chi connectivity index (χ1n) is 5.13. The maximum absolute atomic E-state index is 13.6. The van der Waals surface area contributed by atoms with Gasteiger partial charge < -0.3 is 0 Å². The maximum atomic E-state index is 13.6. The fourth-order valence-corrected chi connectivity index (χ4v) is 2.06. The zero-order valence-corrected chi connectivity index (χ0v) is 10.2. The summed E-state index contributed by atoms with van der Waals surface area (Å²) in [6.45, 7) is 3.51. The van der Waals surface area contributed by atoms with Crippen molar-refractivity contribution >= 4 is 17.5 Å². The zero-order chi connectivity index (χ0) is 12.1. The largest absolute Gasteiger partial charge is 0.293 e. The third-order valence-corrected chi connectivity index (χ3v) is 3.31. The van der Waals surface area contributed by atoms with E-state index in [1.165, 1.54) is 24.8 Å². The molecule has 1 aromatic rings. The van der Waals surface area contributed by atoms with Crippen molar-refractivity contribution in [2.45, 2.75) is 20.3 Å². The quantitative estimate of drug-likeness (QED) is 0.581. The average molecular weight is 244 g/mol. The van der Waals surface area contributed by atoms with Gasteiger partial charge in [-0.2, -0.15) is 11.8 Å². The Morgan fingerprint density at radius 3 is 2.69 bits per heavy atom. The number of thioether (sulfide) groups is 1. The van der Waals surface area contributed by atoms with Crippen LogP contribution in [0.25, 0.3) is 0 Å². The summed E-state index contributed by atoms with van der Waals surface area (Å²) in [7, 11) is 0. The molecule has 0 aliphatic heterocycles. The highest BCUT2D eigenvalue weighted by Crippen LogP contribution is 2.18. The molecular formula is C12H14F2OS. The number of rotatable bonds is 5. The van der Waals surface area contributed by atoms with E-state index in [1.807, 2.05) is 6.92 Å². The summed E-state index contributed by atoms with van der Waals surface area (Å²) < 4.78 is 26.9. The van der Waals surface area contributed by atoms with Crippen LogP contribution in [0, 0.1) is 18.6 Å². The van der Waals surface area contributed by atoms with Crippen molar-refractivity contribution < 1.29 is 13.6 Å². The molecule has 1 aromatic carbocycles. The number of hydrogen-bond acceptors (Lipinski definition) is 2. The van der Waals surface area contributed by atoms with Crippen LogP contribution in [0.4, 0.5) is 8.78 Å². The lowest BCUT2D eigenvalue weighted by molar-refractivity contribution is 0.101. The van der Waals surface area contributed by atoms with Crippen molar-refractivity contribution in [2.24, 2.45) is 0 Å². The van der Waals surface area contributed by atoms with E-state index < -0.39 is 23.0 Å². The minimum absolute atomic E-state index is 0.130. The van der Waals surface area contributed by atoms with Crippen molar-refractivity contribution in [3.63, 3.8) is 0 Å². The number of benzene rings is 1. The lowest BCUT2D eigenvalue weighted by Crippen LogP contribution is -2.10. The van der Waals surface area contributed by atoms with Crippen molar-refractivity contribution in [3.8, 4) is 0 Å². The second kappa shape index (κ2) is 5.99. The molecule has 1 nitrogen and oxygen atoms in total. The van der Waals surface area contributed by atoms with E-state index in [9.17, 15) is 13.6 Å². The van der Waals surface area contributed by atoms with Crippen LogP contribution in [0.15, 0.2) is 12.1 Å². The van der Waals surface area contributed by atoms with E-state index in [2.05, 4.69) is 0 Å². The number of carbonyl (C=O) groups excluding carboxylic acids is 1. The average Bonchev–Trinajstić information content (AvgIpc) is 2.24. The van der Waals surface area contributed by atoms with Gasteiger partial charge in [-0.15, -0.1) is 0 Å². The SMILES string of the molecule is CCCSCC(=O)c1c(F)ccc(C)c1F. The summed E-state index contributed by atoms with van der Waals surface area (Å²) in [5.74, 6) is -1.03. The Balaban J connectivity index is 2.86. The molecule has 0 aliphatic carbocycles. The number of Topliss-reactive ketones (excluding diaryl/α,β-unsaturated/α-hetero) is 1. The molecule has 88 valence electrons. The molecule has 0 bridgehead atoms. The van der Waals surface area contributed by atoms with Crippen LogP contribution in [0.3, 0.4) is 0 Å². The molecule has 0 saturated heterocycles. The number of carbonyl (C=O) groups is 1. The normalized spacial score (nSPS) is 10.5. The Hall–Kier alpha value is -0.900. The molecule has 4 heteroatoms. The summed E-state index contributed by atoms with van der Waals surface area (Å²) in [5.41, 5.74) is -0.103. The van der Waals surface area contributed by atoms with Gasteiger partial charge in [-0.1, -0.05) is 13.0 Å². The third kappa shape index (κ3) is 3.04. The van der Waals surface area contributed by atoms with Gasteiger partial charge in [0.15, 0.2) is 5.78 Å². The minimum Gasteiger partial charge on any atom is -0.293 e.